The minimum atomic E-state index is -0.964. The second kappa shape index (κ2) is 13.0. The third kappa shape index (κ3) is 7.78. The topological polar surface area (TPSA) is 106 Å². The van der Waals surface area contributed by atoms with Crippen LogP contribution in [0.1, 0.15) is 76.1 Å². The second-order valence-corrected chi connectivity index (χ2v) is 14.1. The van der Waals surface area contributed by atoms with Crippen LogP contribution in [-0.4, -0.2) is 58.5 Å². The first-order chi connectivity index (χ1) is 20.4. The predicted molar refractivity (Wildman–Crippen MR) is 166 cm³/mol. The molecule has 5 rings (SSSR count). The van der Waals surface area contributed by atoms with Crippen molar-refractivity contribution in [3.63, 3.8) is 0 Å². The fraction of sp³-hybridized carbons (Fsp3) is 0.545. The lowest BCUT2D eigenvalue weighted by Crippen LogP contribution is -2.53. The number of carbonyl (C=O) groups excluding carboxylic acids is 1. The largest absolute Gasteiger partial charge is 0.471 e. The number of pyridine rings is 1. The first kappa shape index (κ1) is 31.5. The van der Waals surface area contributed by atoms with E-state index in [0.717, 1.165) is 43.2 Å². The summed E-state index contributed by atoms with van der Waals surface area (Å²) < 4.78 is 26.3. The summed E-state index contributed by atoms with van der Waals surface area (Å²) in [6.07, 6.45) is 6.90. The third-order valence-electron chi connectivity index (χ3n) is 8.38. The Labute approximate surface area is 257 Å². The monoisotopic (exact) mass is 610 g/mol. The number of rotatable bonds is 11. The highest BCUT2D eigenvalue weighted by Crippen LogP contribution is 2.48. The van der Waals surface area contributed by atoms with Gasteiger partial charge in [0.05, 0.1) is 12.1 Å². The number of hydrogen-bond donors (Lipinski definition) is 3. The van der Waals surface area contributed by atoms with Crippen LogP contribution >= 0.6 is 11.3 Å². The fourth-order valence-corrected chi connectivity index (χ4v) is 6.58. The Hall–Kier alpha value is -2.92. The molecule has 4 atom stereocenters. The van der Waals surface area contributed by atoms with Gasteiger partial charge in [0.1, 0.15) is 22.5 Å². The quantitative estimate of drug-likeness (QED) is 0.267. The molecule has 1 saturated carbocycles. The van der Waals surface area contributed by atoms with Crippen LogP contribution in [0.2, 0.25) is 0 Å². The van der Waals surface area contributed by atoms with Gasteiger partial charge in [-0.05, 0) is 79.8 Å². The summed E-state index contributed by atoms with van der Waals surface area (Å²) in [6, 6.07) is 6.17. The van der Waals surface area contributed by atoms with Gasteiger partial charge in [-0.3, -0.25) is 4.79 Å². The van der Waals surface area contributed by atoms with Crippen LogP contribution < -0.4 is 15.4 Å². The van der Waals surface area contributed by atoms with E-state index < -0.39 is 24.1 Å². The van der Waals surface area contributed by atoms with Gasteiger partial charge in [-0.25, -0.2) is 14.4 Å². The molecule has 2 aromatic heterocycles. The number of benzene rings is 1. The molecule has 232 valence electrons. The number of aliphatic hydroxyl groups excluding tert-OH is 1. The zero-order valence-electron chi connectivity index (χ0n) is 25.7. The number of amides is 1. The summed E-state index contributed by atoms with van der Waals surface area (Å²) in [6.45, 7) is 8.48. The number of halogens is 1. The van der Waals surface area contributed by atoms with Crippen molar-refractivity contribution < 1.29 is 23.8 Å². The van der Waals surface area contributed by atoms with Crippen molar-refractivity contribution in [2.75, 3.05) is 13.7 Å². The summed E-state index contributed by atoms with van der Waals surface area (Å²) in [5, 5.41) is 20.6. The molecule has 3 aromatic rings. The number of carbonyl (C=O) groups is 1. The van der Waals surface area contributed by atoms with Crippen molar-refractivity contribution in [3.05, 3.63) is 64.5 Å². The summed E-state index contributed by atoms with van der Waals surface area (Å²) >= 11 is 1.43. The standard InChI is InChI=1S/C33H43FN4O4S/c1-20(41-5)29(40)38-26(14-21-11-23(15-24(34)12-21)31-35-9-10-43-31)28(39)19-36-27-17-33(7-6-8-33)42-30-25(27)13-22(18-37-30)16-32(2,3)4/h9-13,15,18,20,26-28,36,39H,6-8,14,16-17,19H2,1-5H3,(H,38,40)/t20-,26+,27+,28-/m1/s1. The van der Waals surface area contributed by atoms with E-state index in [9.17, 15) is 14.3 Å². The average Bonchev–Trinajstić information content (AvgIpc) is 3.48. The molecule has 1 spiro atoms. The van der Waals surface area contributed by atoms with Gasteiger partial charge in [-0.15, -0.1) is 11.3 Å². The van der Waals surface area contributed by atoms with E-state index >= 15 is 0 Å². The second-order valence-electron chi connectivity index (χ2n) is 13.2. The average molecular weight is 611 g/mol. The SMILES string of the molecule is CO[C@H](C)C(=O)N[C@@H](Cc1cc(F)cc(-c2nccs2)c1)[C@H](O)CN[C@H]1CC2(CCC2)Oc2ncc(CC(C)(C)C)cc21. The number of nitrogens with one attached hydrogen (secondary N) is 2. The van der Waals surface area contributed by atoms with E-state index in [1.807, 2.05) is 17.6 Å². The van der Waals surface area contributed by atoms with E-state index in [4.69, 9.17) is 14.5 Å². The molecule has 1 amide bonds. The Balaban J connectivity index is 1.36. The molecule has 0 unspecified atom stereocenters. The van der Waals surface area contributed by atoms with E-state index in [0.29, 0.717) is 22.0 Å². The summed E-state index contributed by atoms with van der Waals surface area (Å²) in [5.41, 5.74) is 3.34. The minimum Gasteiger partial charge on any atom is -0.471 e. The van der Waals surface area contributed by atoms with E-state index in [1.165, 1.54) is 30.6 Å². The van der Waals surface area contributed by atoms with Crippen molar-refractivity contribution in [3.8, 4) is 16.5 Å². The molecule has 10 heteroatoms. The van der Waals surface area contributed by atoms with Crippen LogP contribution in [0.15, 0.2) is 42.0 Å². The zero-order chi connectivity index (χ0) is 30.8. The van der Waals surface area contributed by atoms with Crippen molar-refractivity contribution in [2.24, 2.45) is 5.41 Å². The number of ether oxygens (including phenoxy) is 2. The van der Waals surface area contributed by atoms with Crippen molar-refractivity contribution in [1.29, 1.82) is 0 Å². The smallest absolute Gasteiger partial charge is 0.249 e. The molecular weight excluding hydrogens is 567 g/mol. The van der Waals surface area contributed by atoms with E-state index in [1.54, 1.807) is 13.1 Å². The minimum absolute atomic E-state index is 0.0638. The Morgan fingerprint density at radius 2 is 2.02 bits per heavy atom. The normalized spacial score (nSPS) is 19.6. The Bertz CT molecular complexity index is 1410. The third-order valence-corrected chi connectivity index (χ3v) is 9.20. The molecular formula is C33H43FN4O4S. The van der Waals surface area contributed by atoms with Crippen LogP contribution in [0.5, 0.6) is 5.88 Å². The number of hydrogen-bond acceptors (Lipinski definition) is 8. The number of thiazole rings is 1. The lowest BCUT2D eigenvalue weighted by molar-refractivity contribution is -0.131. The van der Waals surface area contributed by atoms with Gasteiger partial charge in [0.15, 0.2) is 0 Å². The summed E-state index contributed by atoms with van der Waals surface area (Å²) in [4.78, 5) is 21.9. The first-order valence-electron chi connectivity index (χ1n) is 15.1. The van der Waals surface area contributed by atoms with Crippen molar-refractivity contribution in [1.82, 2.24) is 20.6 Å². The van der Waals surface area contributed by atoms with Crippen molar-refractivity contribution >= 4 is 17.2 Å². The van der Waals surface area contributed by atoms with E-state index in [2.05, 4.69) is 42.5 Å². The number of methoxy groups -OCH3 is 1. The van der Waals surface area contributed by atoms with Crippen LogP contribution in [0, 0.1) is 11.2 Å². The Kier molecular flexibility index (Phi) is 9.51. The maximum Gasteiger partial charge on any atom is 0.249 e. The highest BCUT2D eigenvalue weighted by Gasteiger charge is 2.46. The molecule has 3 N–H and O–H groups in total. The molecule has 0 saturated heterocycles. The molecule has 2 aliphatic rings. The lowest BCUT2D eigenvalue weighted by atomic mass is 9.73. The summed E-state index contributed by atoms with van der Waals surface area (Å²) in [5.74, 6) is -0.0818. The molecule has 1 aliphatic heterocycles. The summed E-state index contributed by atoms with van der Waals surface area (Å²) in [7, 11) is 1.46. The lowest BCUT2D eigenvalue weighted by Gasteiger charge is -2.47. The molecule has 3 heterocycles. The predicted octanol–water partition coefficient (Wildman–Crippen LogP) is 5.39. The fourth-order valence-electron chi connectivity index (χ4n) is 5.95. The molecule has 43 heavy (non-hydrogen) atoms. The van der Waals surface area contributed by atoms with Gasteiger partial charge in [-0.1, -0.05) is 20.8 Å². The molecule has 1 aliphatic carbocycles. The van der Waals surface area contributed by atoms with Gasteiger partial charge >= 0.3 is 0 Å². The molecule has 0 bridgehead atoms. The Morgan fingerprint density at radius 1 is 1.23 bits per heavy atom. The van der Waals surface area contributed by atoms with Gasteiger partial charge in [-0.2, -0.15) is 0 Å². The zero-order valence-corrected chi connectivity index (χ0v) is 26.5. The maximum absolute atomic E-state index is 14.7. The van der Waals surface area contributed by atoms with Crippen LogP contribution in [-0.2, 0) is 22.4 Å². The van der Waals surface area contributed by atoms with Crippen molar-refractivity contribution in [2.45, 2.75) is 96.1 Å². The first-order valence-corrected chi connectivity index (χ1v) is 15.9. The number of aliphatic hydroxyl groups is 1. The van der Waals surface area contributed by atoms with Gasteiger partial charge in [0.2, 0.25) is 11.8 Å². The molecule has 8 nitrogen and oxygen atoms in total. The highest BCUT2D eigenvalue weighted by molar-refractivity contribution is 7.13. The van der Waals surface area contributed by atoms with Gasteiger partial charge in [0.25, 0.3) is 0 Å². The highest BCUT2D eigenvalue weighted by atomic mass is 32.1. The molecule has 1 fully saturated rings. The van der Waals surface area contributed by atoms with Crippen LogP contribution in [0.4, 0.5) is 4.39 Å². The number of aromatic nitrogens is 2. The van der Waals surface area contributed by atoms with Crippen LogP contribution in [0.3, 0.4) is 0 Å². The van der Waals surface area contributed by atoms with Gasteiger partial charge in [0, 0.05) is 55.0 Å². The van der Waals surface area contributed by atoms with Crippen LogP contribution in [0.25, 0.3) is 10.6 Å². The maximum atomic E-state index is 14.7. The van der Waals surface area contributed by atoms with E-state index in [-0.39, 0.29) is 35.9 Å². The number of nitrogens with zero attached hydrogens (tertiary/aromatic N) is 2. The number of fused-ring (bicyclic) bond motifs is 1. The van der Waals surface area contributed by atoms with Gasteiger partial charge < -0.3 is 25.2 Å². The Morgan fingerprint density at radius 3 is 2.67 bits per heavy atom. The molecule has 0 radical (unpaired) electrons. The molecule has 1 aromatic carbocycles.